The van der Waals surface area contributed by atoms with Crippen molar-refractivity contribution in [3.8, 4) is 11.3 Å². The van der Waals surface area contributed by atoms with E-state index in [0.29, 0.717) is 19.4 Å². The Hall–Kier alpha value is -2.81. The van der Waals surface area contributed by atoms with Crippen LogP contribution >= 0.6 is 0 Å². The third kappa shape index (κ3) is 4.61. The van der Waals surface area contributed by atoms with Crippen LogP contribution in [0, 0.1) is 17.6 Å². The second kappa shape index (κ2) is 9.13. The van der Waals surface area contributed by atoms with Gasteiger partial charge in [0, 0.05) is 31.3 Å². The third-order valence-corrected chi connectivity index (χ3v) is 6.11. The number of hydrogen-bond acceptors (Lipinski definition) is 5. The smallest absolute Gasteiger partial charge is 0.307 e. The van der Waals surface area contributed by atoms with Gasteiger partial charge in [0.15, 0.2) is 11.5 Å². The molecule has 4 rings (SSSR count). The highest BCUT2D eigenvalue weighted by atomic mass is 19.1. The van der Waals surface area contributed by atoms with Crippen LogP contribution < -0.4 is 0 Å². The minimum atomic E-state index is -0.865. The molecule has 1 aromatic heterocycles. The molecule has 1 amide bonds. The van der Waals surface area contributed by atoms with Gasteiger partial charge in [-0.2, -0.15) is 0 Å². The number of hydrazine groups is 1. The van der Waals surface area contributed by atoms with Crippen molar-refractivity contribution in [2.45, 2.75) is 51.0 Å². The molecule has 2 aromatic rings. The molecular formula is C22H25F2N3O4. The molecular weight excluding hydrogens is 408 g/mol. The van der Waals surface area contributed by atoms with Crippen molar-refractivity contribution in [3.63, 3.8) is 0 Å². The third-order valence-electron chi connectivity index (χ3n) is 6.11. The zero-order chi connectivity index (χ0) is 22.0. The molecule has 2 aliphatic rings. The second-order valence-electron chi connectivity index (χ2n) is 8.23. The van der Waals surface area contributed by atoms with Crippen LogP contribution in [0.1, 0.15) is 55.4 Å². The van der Waals surface area contributed by atoms with Crippen molar-refractivity contribution in [2.75, 3.05) is 13.1 Å². The number of aromatic nitrogens is 1. The zero-order valence-corrected chi connectivity index (χ0v) is 17.1. The number of carboxylic acid groups (broad SMARTS) is 1. The van der Waals surface area contributed by atoms with Gasteiger partial charge < -0.3 is 9.63 Å². The van der Waals surface area contributed by atoms with Gasteiger partial charge in [-0.3, -0.25) is 14.6 Å². The van der Waals surface area contributed by atoms with Crippen LogP contribution in [0.25, 0.3) is 11.3 Å². The quantitative estimate of drug-likeness (QED) is 0.764. The van der Waals surface area contributed by atoms with Crippen molar-refractivity contribution in [3.05, 3.63) is 41.6 Å². The van der Waals surface area contributed by atoms with E-state index in [1.54, 1.807) is 5.01 Å². The summed E-state index contributed by atoms with van der Waals surface area (Å²) in [6.07, 6.45) is 6.02. The molecule has 31 heavy (non-hydrogen) atoms. The van der Waals surface area contributed by atoms with Crippen molar-refractivity contribution >= 4 is 11.9 Å². The van der Waals surface area contributed by atoms with E-state index < -0.39 is 29.4 Å². The van der Waals surface area contributed by atoms with E-state index in [2.05, 4.69) is 5.16 Å². The Labute approximate surface area is 178 Å². The van der Waals surface area contributed by atoms with Crippen LogP contribution in [0.2, 0.25) is 0 Å². The fourth-order valence-electron chi connectivity index (χ4n) is 4.51. The number of nitrogens with zero attached hydrogens (tertiary/aromatic N) is 3. The van der Waals surface area contributed by atoms with Gasteiger partial charge in [0.25, 0.3) is 5.91 Å². The number of aliphatic carboxylic acids is 1. The molecule has 7 nitrogen and oxygen atoms in total. The summed E-state index contributed by atoms with van der Waals surface area (Å²) in [5.74, 6) is -3.27. The van der Waals surface area contributed by atoms with Gasteiger partial charge in [0.2, 0.25) is 0 Å². The van der Waals surface area contributed by atoms with Crippen LogP contribution in [0.5, 0.6) is 0 Å². The number of carbonyl (C=O) groups is 2. The van der Waals surface area contributed by atoms with Crippen LogP contribution in [0.3, 0.4) is 0 Å². The molecule has 1 saturated heterocycles. The Morgan fingerprint density at radius 3 is 2.58 bits per heavy atom. The maximum absolute atomic E-state index is 14.1. The molecule has 1 aromatic carbocycles. The van der Waals surface area contributed by atoms with Gasteiger partial charge in [-0.05, 0) is 37.8 Å². The van der Waals surface area contributed by atoms with Gasteiger partial charge in [-0.15, -0.1) is 0 Å². The average molecular weight is 433 g/mol. The minimum absolute atomic E-state index is 0.0149. The Morgan fingerprint density at radius 1 is 1.10 bits per heavy atom. The van der Waals surface area contributed by atoms with Gasteiger partial charge in [0.05, 0.1) is 11.5 Å². The molecule has 1 N–H and O–H groups in total. The monoisotopic (exact) mass is 433 g/mol. The number of halogens is 2. The van der Waals surface area contributed by atoms with Crippen molar-refractivity contribution in [1.82, 2.24) is 15.2 Å². The lowest BCUT2D eigenvalue weighted by Gasteiger charge is -2.44. The Balaban J connectivity index is 1.61. The maximum Gasteiger partial charge on any atom is 0.307 e. The summed E-state index contributed by atoms with van der Waals surface area (Å²) in [4.78, 5) is 25.0. The number of carboxylic acids is 1. The molecule has 1 aliphatic carbocycles. The number of benzene rings is 1. The molecule has 1 saturated carbocycles. The first-order valence-electron chi connectivity index (χ1n) is 10.7. The van der Waals surface area contributed by atoms with Gasteiger partial charge in [0.1, 0.15) is 11.6 Å². The lowest BCUT2D eigenvalue weighted by molar-refractivity contribution is -0.147. The molecule has 9 heteroatoms. The first-order chi connectivity index (χ1) is 14.9. The van der Waals surface area contributed by atoms with Gasteiger partial charge >= 0.3 is 5.97 Å². The van der Waals surface area contributed by atoms with Crippen LogP contribution in [0.15, 0.2) is 28.8 Å². The number of rotatable bonds is 5. The van der Waals surface area contributed by atoms with Crippen molar-refractivity contribution in [2.24, 2.45) is 5.92 Å². The van der Waals surface area contributed by atoms with E-state index in [4.69, 9.17) is 4.52 Å². The Kier molecular flexibility index (Phi) is 6.31. The van der Waals surface area contributed by atoms with Crippen LogP contribution in [-0.4, -0.2) is 51.3 Å². The summed E-state index contributed by atoms with van der Waals surface area (Å²) in [5.41, 5.74) is 0.0304. The lowest BCUT2D eigenvalue weighted by Crippen LogP contribution is -2.56. The van der Waals surface area contributed by atoms with E-state index in [-0.39, 0.29) is 29.6 Å². The fourth-order valence-corrected chi connectivity index (χ4v) is 4.51. The summed E-state index contributed by atoms with van der Waals surface area (Å²) in [5, 5.41) is 16.8. The predicted octanol–water partition coefficient (Wildman–Crippen LogP) is 4.11. The molecule has 2 fully saturated rings. The van der Waals surface area contributed by atoms with E-state index >= 15 is 0 Å². The average Bonchev–Trinajstić information content (AvgIpc) is 3.25. The molecule has 2 heterocycles. The maximum atomic E-state index is 14.1. The topological polar surface area (TPSA) is 86.9 Å². The highest BCUT2D eigenvalue weighted by molar-refractivity contribution is 5.93. The summed E-state index contributed by atoms with van der Waals surface area (Å²) in [7, 11) is 0. The van der Waals surface area contributed by atoms with E-state index in [1.165, 1.54) is 12.1 Å². The summed E-state index contributed by atoms with van der Waals surface area (Å²) in [6, 6.07) is 4.40. The predicted molar refractivity (Wildman–Crippen MR) is 107 cm³/mol. The van der Waals surface area contributed by atoms with Gasteiger partial charge in [-0.25, -0.2) is 13.8 Å². The SMILES string of the molecule is O=C(O)[C@@H]1CCCN(N(C(=O)c2cc(-c3ccc(F)cc3F)on2)C2CCCCC2)C1. The Bertz CT molecular complexity index is 958. The lowest BCUT2D eigenvalue weighted by atomic mass is 9.94. The highest BCUT2D eigenvalue weighted by Gasteiger charge is 2.37. The fraction of sp³-hybridized carbons (Fsp3) is 0.500. The van der Waals surface area contributed by atoms with E-state index in [1.807, 2.05) is 5.01 Å². The molecule has 166 valence electrons. The normalized spacial score (nSPS) is 20.5. The van der Waals surface area contributed by atoms with E-state index in [0.717, 1.165) is 44.2 Å². The van der Waals surface area contributed by atoms with Crippen molar-refractivity contribution in [1.29, 1.82) is 0 Å². The highest BCUT2D eigenvalue weighted by Crippen LogP contribution is 2.30. The zero-order valence-electron chi connectivity index (χ0n) is 17.1. The van der Waals surface area contributed by atoms with E-state index in [9.17, 15) is 23.5 Å². The molecule has 0 bridgehead atoms. The van der Waals surface area contributed by atoms with Crippen LogP contribution in [0.4, 0.5) is 8.78 Å². The molecule has 0 spiro atoms. The van der Waals surface area contributed by atoms with Crippen LogP contribution in [-0.2, 0) is 4.79 Å². The number of piperidine rings is 1. The number of amides is 1. The Morgan fingerprint density at radius 2 is 1.87 bits per heavy atom. The first-order valence-corrected chi connectivity index (χ1v) is 10.7. The molecule has 1 atom stereocenters. The molecule has 1 aliphatic heterocycles. The summed E-state index contributed by atoms with van der Waals surface area (Å²) in [6.45, 7) is 0.845. The summed E-state index contributed by atoms with van der Waals surface area (Å²) >= 11 is 0. The summed E-state index contributed by atoms with van der Waals surface area (Å²) < 4.78 is 32.5. The van der Waals surface area contributed by atoms with Crippen molar-refractivity contribution < 1.29 is 28.0 Å². The second-order valence-corrected chi connectivity index (χ2v) is 8.23. The molecule has 0 radical (unpaired) electrons. The van der Waals surface area contributed by atoms with Gasteiger partial charge in [-0.1, -0.05) is 24.4 Å². The number of carbonyl (C=O) groups excluding carboxylic acids is 1. The molecule has 0 unspecified atom stereocenters. The minimum Gasteiger partial charge on any atom is -0.481 e. The first kappa shape index (κ1) is 21.4. The standard InChI is InChI=1S/C22H25F2N3O4/c23-15-8-9-17(18(24)11-15)20-12-19(25-31-20)21(28)27(16-6-2-1-3-7-16)26-10-4-5-14(13-26)22(29)30/h8-9,11-12,14,16H,1-7,10,13H2,(H,29,30)/t14-/m1/s1. The largest absolute Gasteiger partial charge is 0.481 e. The number of hydrogen-bond donors (Lipinski definition) is 1.